The Kier molecular flexibility index (Phi) is 73.0. The highest BCUT2D eigenvalue weighted by atomic mass is 31.2. The SMILES string of the molecule is CCCCC/C=C\C/C=C\CCCCCCCC(=O)O[C@H](COC(=O)CCCCCCCCCCCCCCCCC)COP(=O)(O)OC[C@H](O)COP(=O)(O)OC[C@@H](COC(=O)CCCCCCCCCCCCCCC)OC(=O)CCCCCCCCCCCCCCCCCCC. The Balaban J connectivity index is 5.29. The Bertz CT molecular complexity index is 1990. The summed E-state index contributed by atoms with van der Waals surface area (Å²) in [6.45, 7) is 4.96. The number of phosphoric acid groups is 2. The summed E-state index contributed by atoms with van der Waals surface area (Å²) in [6.07, 6.45) is 70.0. The van der Waals surface area contributed by atoms with Crippen molar-refractivity contribution in [1.82, 2.24) is 0 Å². The van der Waals surface area contributed by atoms with E-state index in [4.69, 9.17) is 37.0 Å². The van der Waals surface area contributed by atoms with Gasteiger partial charge in [0.15, 0.2) is 12.2 Å². The Hall–Kier alpha value is -2.46. The summed E-state index contributed by atoms with van der Waals surface area (Å²) in [7, 11) is -9.93. The first-order valence-electron chi connectivity index (χ1n) is 41.6. The van der Waals surface area contributed by atoms with Crippen molar-refractivity contribution >= 4 is 39.5 Å². The van der Waals surface area contributed by atoms with Crippen molar-refractivity contribution in [2.24, 2.45) is 0 Å². The number of carbonyl (C=O) groups excluding carboxylic acids is 4. The van der Waals surface area contributed by atoms with Gasteiger partial charge in [0.25, 0.3) is 0 Å². The average molecular weight is 1460 g/mol. The first-order chi connectivity index (χ1) is 48.7. The highest BCUT2D eigenvalue weighted by Gasteiger charge is 2.30. The number of ether oxygens (including phenoxy) is 4. The maximum absolute atomic E-state index is 13.1. The van der Waals surface area contributed by atoms with Gasteiger partial charge in [0, 0.05) is 25.7 Å². The summed E-state index contributed by atoms with van der Waals surface area (Å²) in [5.74, 6) is -2.13. The molecular formula is C81H154O17P2. The van der Waals surface area contributed by atoms with Gasteiger partial charge >= 0.3 is 39.5 Å². The first kappa shape index (κ1) is 97.5. The van der Waals surface area contributed by atoms with E-state index in [1.807, 2.05) is 0 Å². The zero-order chi connectivity index (χ0) is 73.2. The van der Waals surface area contributed by atoms with Crippen LogP contribution >= 0.6 is 15.6 Å². The van der Waals surface area contributed by atoms with Crippen LogP contribution in [0, 0.1) is 0 Å². The maximum atomic E-state index is 13.1. The molecule has 0 rings (SSSR count). The van der Waals surface area contributed by atoms with E-state index < -0.39 is 97.5 Å². The van der Waals surface area contributed by atoms with Gasteiger partial charge in [-0.2, -0.15) is 0 Å². The Labute approximate surface area is 612 Å². The lowest BCUT2D eigenvalue weighted by Crippen LogP contribution is -2.30. The Morgan fingerprint density at radius 3 is 0.760 bits per heavy atom. The molecule has 0 heterocycles. The molecule has 0 aromatic rings. The van der Waals surface area contributed by atoms with Crippen LogP contribution < -0.4 is 0 Å². The van der Waals surface area contributed by atoms with Gasteiger partial charge in [-0.3, -0.25) is 37.3 Å². The number of aliphatic hydroxyl groups excluding tert-OH is 1. The highest BCUT2D eigenvalue weighted by molar-refractivity contribution is 7.47. The summed E-state index contributed by atoms with van der Waals surface area (Å²) in [5.41, 5.74) is 0. The first-order valence-corrected chi connectivity index (χ1v) is 44.6. The van der Waals surface area contributed by atoms with E-state index in [2.05, 4.69) is 52.0 Å². The van der Waals surface area contributed by atoms with Crippen LogP contribution in [0.15, 0.2) is 24.3 Å². The van der Waals surface area contributed by atoms with Gasteiger partial charge in [-0.15, -0.1) is 0 Å². The van der Waals surface area contributed by atoms with E-state index in [1.54, 1.807) is 0 Å². The Morgan fingerprint density at radius 2 is 0.490 bits per heavy atom. The van der Waals surface area contributed by atoms with Gasteiger partial charge in [0.1, 0.15) is 19.3 Å². The Morgan fingerprint density at radius 1 is 0.280 bits per heavy atom. The molecule has 0 bridgehead atoms. The minimum absolute atomic E-state index is 0.0877. The number of rotatable bonds is 80. The second-order valence-corrected chi connectivity index (χ2v) is 31.4. The van der Waals surface area contributed by atoms with Crippen LogP contribution in [0.2, 0.25) is 0 Å². The minimum Gasteiger partial charge on any atom is -0.462 e. The van der Waals surface area contributed by atoms with Crippen LogP contribution in [-0.2, 0) is 65.4 Å². The standard InChI is InChI=1S/C81H154O17P2/c1-5-9-13-17-21-25-29-33-36-37-40-44-48-52-56-60-64-68-81(86)98-76(71-91-78(83)65-61-57-53-49-45-41-32-28-24-20-16-12-8-4)73-95-99(87,88)93-69-75(82)70-94-100(89,90)96-74-77(97-80(85)67-63-59-55-51-47-43-39-35-31-27-23-19-15-11-7-3)72-92-79(84)66-62-58-54-50-46-42-38-34-30-26-22-18-14-10-6-2/h23,27,35,39,75-77,82H,5-22,24-26,28-34,36-38,40-74H2,1-4H3,(H,87,88)(H,89,90)/b27-23-,39-35-/t75-,76-,77-/m1/s1. The molecule has 0 aliphatic heterocycles. The van der Waals surface area contributed by atoms with E-state index >= 15 is 0 Å². The molecule has 0 saturated heterocycles. The molecule has 3 N–H and O–H groups in total. The highest BCUT2D eigenvalue weighted by Crippen LogP contribution is 2.45. The fraction of sp³-hybridized carbons (Fsp3) is 0.901. The van der Waals surface area contributed by atoms with Gasteiger partial charge in [-0.05, 0) is 57.8 Å². The number of aliphatic hydroxyl groups is 1. The monoisotopic (exact) mass is 1460 g/mol. The number of unbranched alkanes of at least 4 members (excludes halogenated alkanes) is 50. The fourth-order valence-corrected chi connectivity index (χ4v) is 13.7. The van der Waals surface area contributed by atoms with Crippen molar-refractivity contribution in [1.29, 1.82) is 0 Å². The van der Waals surface area contributed by atoms with Crippen LogP contribution in [0.4, 0.5) is 0 Å². The van der Waals surface area contributed by atoms with E-state index in [1.165, 1.54) is 225 Å². The zero-order valence-electron chi connectivity index (χ0n) is 64.7. The van der Waals surface area contributed by atoms with Gasteiger partial charge in [-0.25, -0.2) is 9.13 Å². The summed E-state index contributed by atoms with van der Waals surface area (Å²) in [4.78, 5) is 73.0. The van der Waals surface area contributed by atoms with Crippen molar-refractivity contribution in [2.75, 3.05) is 39.6 Å². The molecule has 0 aliphatic rings. The number of allylic oxidation sites excluding steroid dienone is 4. The lowest BCUT2D eigenvalue weighted by atomic mass is 10.0. The largest absolute Gasteiger partial charge is 0.472 e. The van der Waals surface area contributed by atoms with Crippen molar-refractivity contribution in [2.45, 2.75) is 431 Å². The average Bonchev–Trinajstić information content (AvgIpc) is 0.947. The smallest absolute Gasteiger partial charge is 0.462 e. The quantitative estimate of drug-likeness (QED) is 0.0169. The molecule has 0 saturated carbocycles. The number of esters is 4. The molecule has 0 amide bonds. The van der Waals surface area contributed by atoms with Crippen LogP contribution in [-0.4, -0.2) is 96.7 Å². The maximum Gasteiger partial charge on any atom is 0.472 e. The molecule has 100 heavy (non-hydrogen) atoms. The zero-order valence-corrected chi connectivity index (χ0v) is 66.5. The van der Waals surface area contributed by atoms with Crippen LogP contribution in [0.1, 0.15) is 413 Å². The number of carbonyl (C=O) groups is 4. The molecule has 0 spiro atoms. The third-order valence-corrected chi connectivity index (χ3v) is 20.4. The van der Waals surface area contributed by atoms with Crippen molar-refractivity contribution in [3.63, 3.8) is 0 Å². The molecule has 0 aromatic carbocycles. The minimum atomic E-state index is -4.97. The van der Waals surface area contributed by atoms with Crippen molar-refractivity contribution < 1.29 is 80.2 Å². The molecule has 17 nitrogen and oxygen atoms in total. The normalized spacial score (nSPS) is 13.9. The van der Waals surface area contributed by atoms with Crippen molar-refractivity contribution in [3.8, 4) is 0 Å². The second-order valence-electron chi connectivity index (χ2n) is 28.4. The topological polar surface area (TPSA) is 237 Å². The third-order valence-electron chi connectivity index (χ3n) is 18.4. The molecule has 0 aliphatic carbocycles. The lowest BCUT2D eigenvalue weighted by molar-refractivity contribution is -0.161. The van der Waals surface area contributed by atoms with Gasteiger partial charge in [0.2, 0.25) is 0 Å². The molecule has 590 valence electrons. The molecule has 19 heteroatoms. The summed E-state index contributed by atoms with van der Waals surface area (Å²) in [5, 5.41) is 10.6. The molecule has 2 unspecified atom stereocenters. The van der Waals surface area contributed by atoms with E-state index in [9.17, 15) is 43.2 Å². The van der Waals surface area contributed by atoms with Gasteiger partial charge < -0.3 is 33.8 Å². The number of hydrogen-bond donors (Lipinski definition) is 3. The summed E-state index contributed by atoms with van der Waals surface area (Å²) in [6, 6.07) is 0. The summed E-state index contributed by atoms with van der Waals surface area (Å²) < 4.78 is 68.7. The van der Waals surface area contributed by atoms with E-state index in [-0.39, 0.29) is 25.7 Å². The fourth-order valence-electron chi connectivity index (χ4n) is 12.1. The third kappa shape index (κ3) is 73.8. The van der Waals surface area contributed by atoms with Crippen molar-refractivity contribution in [3.05, 3.63) is 24.3 Å². The predicted octanol–water partition coefficient (Wildman–Crippen LogP) is 24.1. The van der Waals surface area contributed by atoms with Crippen LogP contribution in [0.5, 0.6) is 0 Å². The molecule has 5 atom stereocenters. The number of hydrogen-bond acceptors (Lipinski definition) is 15. The van der Waals surface area contributed by atoms with Gasteiger partial charge in [-0.1, -0.05) is 354 Å². The second kappa shape index (κ2) is 74.8. The number of phosphoric ester groups is 2. The van der Waals surface area contributed by atoms with E-state index in [0.717, 1.165) is 109 Å². The van der Waals surface area contributed by atoms with Gasteiger partial charge in [0.05, 0.1) is 26.4 Å². The van der Waals surface area contributed by atoms with Crippen LogP contribution in [0.25, 0.3) is 0 Å². The molecule has 0 aromatic heterocycles. The van der Waals surface area contributed by atoms with Crippen LogP contribution in [0.3, 0.4) is 0 Å². The molecule has 0 radical (unpaired) electrons. The molecule has 0 fully saturated rings. The summed E-state index contributed by atoms with van der Waals surface area (Å²) >= 11 is 0. The molecular weight excluding hydrogens is 1310 g/mol. The lowest BCUT2D eigenvalue weighted by Gasteiger charge is -2.21. The predicted molar refractivity (Wildman–Crippen MR) is 409 cm³/mol. The van der Waals surface area contributed by atoms with E-state index in [0.29, 0.717) is 25.7 Å².